The summed E-state index contributed by atoms with van der Waals surface area (Å²) in [5.74, 6) is -2.78. The lowest BCUT2D eigenvalue weighted by Crippen LogP contribution is -2.43. The van der Waals surface area contributed by atoms with Crippen LogP contribution >= 0.6 is 0 Å². The van der Waals surface area contributed by atoms with Crippen LogP contribution in [0.3, 0.4) is 0 Å². The van der Waals surface area contributed by atoms with E-state index in [1.165, 1.54) is 0 Å². The molecular weight excluding hydrogens is 260 g/mol. The molecule has 3 atom stereocenters. The third kappa shape index (κ3) is 2.57. The van der Waals surface area contributed by atoms with Crippen LogP contribution in [0.4, 0.5) is 0 Å². The minimum Gasteiger partial charge on any atom is -0.466 e. The van der Waals surface area contributed by atoms with Crippen LogP contribution in [0.15, 0.2) is 30.3 Å². The van der Waals surface area contributed by atoms with Crippen molar-refractivity contribution < 1.29 is 26.5 Å². The summed E-state index contributed by atoms with van der Waals surface area (Å²) in [6.07, 6.45) is -3.39. The van der Waals surface area contributed by atoms with E-state index in [1.807, 2.05) is 30.3 Å². The number of hydrogen-bond acceptors (Lipinski definition) is 5. The number of fused-ring (bicyclic) bond motifs is 2. The van der Waals surface area contributed by atoms with Crippen LogP contribution in [-0.2, 0) is 23.7 Å². The lowest BCUT2D eigenvalue weighted by Gasteiger charge is -2.30. The van der Waals surface area contributed by atoms with E-state index in [0.29, 0.717) is 6.61 Å². The molecule has 0 unspecified atom stereocenters. The Labute approximate surface area is 120 Å². The third-order valence-corrected chi connectivity index (χ3v) is 3.27. The highest BCUT2D eigenvalue weighted by Gasteiger charge is 2.53. The molecular formula is C15H18O5. The van der Waals surface area contributed by atoms with E-state index in [4.69, 9.17) is 21.7 Å². The van der Waals surface area contributed by atoms with Crippen molar-refractivity contribution in [1.29, 1.82) is 0 Å². The Hall–Kier alpha value is -1.43. The number of ether oxygens (including phenoxy) is 4. The van der Waals surface area contributed by atoms with E-state index in [-0.39, 0.29) is 13.2 Å². The Morgan fingerprint density at radius 3 is 3.00 bits per heavy atom. The largest absolute Gasteiger partial charge is 0.466 e. The van der Waals surface area contributed by atoms with Gasteiger partial charge in [-0.1, -0.05) is 30.3 Å². The number of esters is 1. The molecule has 2 aliphatic rings. The average molecular weight is 280 g/mol. The van der Waals surface area contributed by atoms with Gasteiger partial charge in [-0.2, -0.15) is 0 Å². The number of rotatable bonds is 4. The minimum atomic E-state index is -2.45. The fourth-order valence-electron chi connectivity index (χ4n) is 2.46. The second-order valence-electron chi connectivity index (χ2n) is 4.72. The third-order valence-electron chi connectivity index (χ3n) is 3.27. The molecule has 0 N–H and O–H groups in total. The van der Waals surface area contributed by atoms with E-state index < -0.39 is 30.3 Å². The molecule has 108 valence electrons. The van der Waals surface area contributed by atoms with E-state index in [9.17, 15) is 4.79 Å². The predicted octanol–water partition coefficient (Wildman–Crippen LogP) is 1.82. The van der Waals surface area contributed by atoms with Gasteiger partial charge in [-0.15, -0.1) is 0 Å². The molecule has 2 saturated heterocycles. The van der Waals surface area contributed by atoms with Crippen LogP contribution in [0.5, 0.6) is 0 Å². The molecule has 2 fully saturated rings. The maximum absolute atomic E-state index is 12.0. The van der Waals surface area contributed by atoms with Gasteiger partial charge in [0, 0.05) is 2.74 Å². The van der Waals surface area contributed by atoms with Crippen LogP contribution < -0.4 is 0 Å². The SMILES string of the molecule is [2H]C([2H])(C(=O)OCC)[C@]12COC[C@H](O1)[C@@H](c1ccccc1)O2. The Kier molecular flexibility index (Phi) is 3.10. The summed E-state index contributed by atoms with van der Waals surface area (Å²) in [6, 6.07) is 9.38. The first-order chi connectivity index (χ1) is 10.5. The Morgan fingerprint density at radius 2 is 2.25 bits per heavy atom. The van der Waals surface area contributed by atoms with E-state index >= 15 is 0 Å². The fraction of sp³-hybridized carbons (Fsp3) is 0.533. The maximum atomic E-state index is 12.0. The van der Waals surface area contributed by atoms with Crippen LogP contribution in [0.2, 0.25) is 0 Å². The first-order valence-corrected chi connectivity index (χ1v) is 6.66. The van der Waals surface area contributed by atoms with Crippen molar-refractivity contribution in [2.75, 3.05) is 19.8 Å². The molecule has 2 heterocycles. The Bertz CT molecular complexity index is 550. The van der Waals surface area contributed by atoms with Gasteiger partial charge >= 0.3 is 5.97 Å². The lowest BCUT2D eigenvalue weighted by atomic mass is 10.1. The summed E-state index contributed by atoms with van der Waals surface area (Å²) in [5, 5.41) is 0. The van der Waals surface area contributed by atoms with E-state index in [2.05, 4.69) is 0 Å². The van der Waals surface area contributed by atoms with Gasteiger partial charge in [0.05, 0.1) is 13.2 Å². The van der Waals surface area contributed by atoms with Crippen molar-refractivity contribution in [3.63, 3.8) is 0 Å². The van der Waals surface area contributed by atoms with Gasteiger partial charge in [0.1, 0.15) is 25.2 Å². The molecule has 0 spiro atoms. The number of benzene rings is 1. The van der Waals surface area contributed by atoms with Gasteiger partial charge in [-0.05, 0) is 12.5 Å². The Balaban J connectivity index is 1.90. The van der Waals surface area contributed by atoms with E-state index in [0.717, 1.165) is 5.56 Å². The summed E-state index contributed by atoms with van der Waals surface area (Å²) in [6.45, 7) is 1.84. The van der Waals surface area contributed by atoms with Crippen molar-refractivity contribution in [1.82, 2.24) is 0 Å². The normalized spacial score (nSPS) is 34.2. The molecule has 1 aromatic rings. The smallest absolute Gasteiger partial charge is 0.311 e. The topological polar surface area (TPSA) is 54.0 Å². The first-order valence-electron chi connectivity index (χ1n) is 7.66. The summed E-state index contributed by atoms with van der Waals surface area (Å²) < 4.78 is 38.1. The van der Waals surface area contributed by atoms with Gasteiger partial charge in [0.15, 0.2) is 0 Å². The summed E-state index contributed by atoms with van der Waals surface area (Å²) in [4.78, 5) is 12.0. The average Bonchev–Trinajstić information content (AvgIpc) is 2.80. The van der Waals surface area contributed by atoms with Crippen LogP contribution in [0.25, 0.3) is 0 Å². The van der Waals surface area contributed by atoms with Gasteiger partial charge < -0.3 is 18.9 Å². The first kappa shape index (κ1) is 11.3. The lowest BCUT2D eigenvalue weighted by molar-refractivity contribution is -0.243. The Morgan fingerprint density at radius 1 is 1.45 bits per heavy atom. The van der Waals surface area contributed by atoms with E-state index in [1.54, 1.807) is 6.92 Å². The second-order valence-corrected chi connectivity index (χ2v) is 4.72. The molecule has 5 heteroatoms. The maximum Gasteiger partial charge on any atom is 0.311 e. The second kappa shape index (κ2) is 5.52. The van der Waals surface area contributed by atoms with Crippen LogP contribution in [-0.4, -0.2) is 37.7 Å². The standard InChI is InChI=1S/C15H18O5/c1-2-18-13(16)8-15-10-17-9-12(19-15)14(20-15)11-6-4-3-5-7-11/h3-7,12,14H,2,8-10H2,1H3/t12-,14+,15-/m0/s1/i8D2. The van der Waals surface area contributed by atoms with Gasteiger partial charge in [-0.25, -0.2) is 0 Å². The predicted molar refractivity (Wildman–Crippen MR) is 69.9 cm³/mol. The minimum absolute atomic E-state index is 0.0841. The molecule has 0 aliphatic carbocycles. The fourth-order valence-corrected chi connectivity index (χ4v) is 2.46. The molecule has 20 heavy (non-hydrogen) atoms. The number of hydrogen-bond donors (Lipinski definition) is 0. The molecule has 2 bridgehead atoms. The highest BCUT2D eigenvalue weighted by atomic mass is 16.8. The van der Waals surface area contributed by atoms with Crippen molar-refractivity contribution in [3.8, 4) is 0 Å². The molecule has 0 saturated carbocycles. The molecule has 1 aromatic carbocycles. The van der Waals surface area contributed by atoms with Crippen molar-refractivity contribution in [2.24, 2.45) is 0 Å². The summed E-state index contributed by atoms with van der Waals surface area (Å²) >= 11 is 0. The molecule has 0 radical (unpaired) electrons. The zero-order valence-electron chi connectivity index (χ0n) is 13.2. The zero-order chi connectivity index (χ0) is 15.8. The quantitative estimate of drug-likeness (QED) is 0.787. The molecule has 0 aromatic heterocycles. The molecule has 0 amide bonds. The van der Waals surface area contributed by atoms with Crippen molar-refractivity contribution in [3.05, 3.63) is 35.9 Å². The molecule has 3 rings (SSSR count). The highest BCUT2D eigenvalue weighted by molar-refractivity contribution is 5.70. The van der Waals surface area contributed by atoms with Crippen molar-refractivity contribution in [2.45, 2.75) is 31.3 Å². The summed E-state index contributed by atoms with van der Waals surface area (Å²) in [7, 11) is 0. The van der Waals surface area contributed by atoms with Gasteiger partial charge in [-0.3, -0.25) is 4.79 Å². The monoisotopic (exact) mass is 280 g/mol. The zero-order valence-corrected chi connectivity index (χ0v) is 11.2. The number of carbonyl (C=O) groups is 1. The summed E-state index contributed by atoms with van der Waals surface area (Å²) in [5.41, 5.74) is 0.861. The molecule has 2 aliphatic heterocycles. The highest BCUT2D eigenvalue weighted by Crippen LogP contribution is 2.43. The van der Waals surface area contributed by atoms with Crippen LogP contribution in [0, 0.1) is 0 Å². The van der Waals surface area contributed by atoms with Crippen LogP contribution in [0.1, 0.15) is 27.7 Å². The van der Waals surface area contributed by atoms with Gasteiger partial charge in [0.25, 0.3) is 0 Å². The van der Waals surface area contributed by atoms with Gasteiger partial charge in [0.2, 0.25) is 5.79 Å². The van der Waals surface area contributed by atoms with Crippen molar-refractivity contribution >= 4 is 5.97 Å². The molecule has 5 nitrogen and oxygen atoms in total. The number of carbonyl (C=O) groups excluding carboxylic acids is 1.